The zero-order valence-electron chi connectivity index (χ0n) is 11.7. The van der Waals surface area contributed by atoms with E-state index in [2.05, 4.69) is 0 Å². The topological polar surface area (TPSA) is 34.1 Å². The summed E-state index contributed by atoms with van der Waals surface area (Å²) in [6.07, 6.45) is 0.437. The van der Waals surface area contributed by atoms with Gasteiger partial charge in [-0.3, -0.25) is 9.59 Å². The van der Waals surface area contributed by atoms with Gasteiger partial charge < -0.3 is 0 Å². The van der Waals surface area contributed by atoms with E-state index in [1.165, 1.54) is 0 Å². The number of carbonyl (C=O) groups excluding carboxylic acids is 2. The molecule has 2 nitrogen and oxygen atoms in total. The van der Waals surface area contributed by atoms with E-state index in [0.717, 1.165) is 10.1 Å². The van der Waals surface area contributed by atoms with Crippen LogP contribution in [0.2, 0.25) is 5.02 Å². The molecule has 3 aromatic rings. The average Bonchev–Trinajstić information content (AvgIpc) is 2.97. The lowest BCUT2D eigenvalue weighted by Crippen LogP contribution is -2.04. The van der Waals surface area contributed by atoms with E-state index in [1.54, 1.807) is 35.6 Å². The summed E-state index contributed by atoms with van der Waals surface area (Å²) in [5.74, 6) is -0.0238. The summed E-state index contributed by atoms with van der Waals surface area (Å²) in [4.78, 5) is 24.4. The molecule has 0 bridgehead atoms. The van der Waals surface area contributed by atoms with Crippen LogP contribution in [0.5, 0.6) is 0 Å². The minimum atomic E-state index is -0.0375. The number of halogens is 1. The van der Waals surface area contributed by atoms with Crippen molar-refractivity contribution in [2.45, 2.75) is 12.8 Å². The monoisotopic (exact) mass is 328 g/mol. The Hall–Kier alpha value is -1.97. The molecule has 0 fully saturated rings. The molecule has 1 heterocycles. The third kappa shape index (κ3) is 3.11. The zero-order valence-corrected chi connectivity index (χ0v) is 13.3. The third-order valence-corrected chi connectivity index (χ3v) is 4.74. The Morgan fingerprint density at radius 2 is 1.59 bits per heavy atom. The summed E-state index contributed by atoms with van der Waals surface area (Å²) in [7, 11) is 0. The molecule has 0 unspecified atom stereocenters. The molecule has 0 radical (unpaired) electrons. The molecule has 0 saturated heterocycles. The van der Waals surface area contributed by atoms with Gasteiger partial charge in [-0.25, -0.2) is 0 Å². The Bertz CT molecular complexity index is 834. The molecule has 22 heavy (non-hydrogen) atoms. The fourth-order valence-electron chi connectivity index (χ4n) is 2.34. The largest absolute Gasteiger partial charge is 0.294 e. The van der Waals surface area contributed by atoms with E-state index >= 15 is 0 Å². The molecule has 0 N–H and O–H groups in total. The summed E-state index contributed by atoms with van der Waals surface area (Å²) in [6.45, 7) is 0. The highest BCUT2D eigenvalue weighted by atomic mass is 35.5. The standard InChI is InChI=1S/C18H13ClO2S/c19-13-7-5-12(6-8-13)16(20)9-10-17(21)15-11-22-18-4-2-1-3-14(15)18/h1-8,11H,9-10H2. The number of benzene rings is 2. The van der Waals surface area contributed by atoms with Crippen LogP contribution in [0.15, 0.2) is 53.9 Å². The maximum Gasteiger partial charge on any atom is 0.164 e. The van der Waals surface area contributed by atoms with Crippen LogP contribution in [0.3, 0.4) is 0 Å². The highest BCUT2D eigenvalue weighted by Gasteiger charge is 2.14. The number of fused-ring (bicyclic) bond motifs is 1. The Kier molecular flexibility index (Phi) is 4.36. The molecule has 3 rings (SSSR count). The van der Waals surface area contributed by atoms with Gasteiger partial charge in [0.25, 0.3) is 0 Å². The van der Waals surface area contributed by atoms with Gasteiger partial charge in [-0.1, -0.05) is 29.8 Å². The lowest BCUT2D eigenvalue weighted by Gasteiger charge is -2.01. The molecule has 2 aromatic carbocycles. The van der Waals surface area contributed by atoms with Crippen LogP contribution in [0.25, 0.3) is 10.1 Å². The number of hydrogen-bond acceptors (Lipinski definition) is 3. The van der Waals surface area contributed by atoms with Gasteiger partial charge in [0, 0.05) is 44.5 Å². The van der Waals surface area contributed by atoms with Gasteiger partial charge in [0.15, 0.2) is 11.6 Å². The summed E-state index contributed by atoms with van der Waals surface area (Å²) < 4.78 is 1.09. The molecule has 0 aliphatic rings. The fraction of sp³-hybridized carbons (Fsp3) is 0.111. The van der Waals surface area contributed by atoms with Crippen molar-refractivity contribution in [1.29, 1.82) is 0 Å². The maximum atomic E-state index is 12.3. The van der Waals surface area contributed by atoms with E-state index in [9.17, 15) is 9.59 Å². The first kappa shape index (κ1) is 14.9. The van der Waals surface area contributed by atoms with Crippen LogP contribution in [0.1, 0.15) is 33.6 Å². The number of hydrogen-bond donors (Lipinski definition) is 0. The molecule has 110 valence electrons. The molecule has 1 aromatic heterocycles. The number of thiophene rings is 1. The van der Waals surface area contributed by atoms with Crippen molar-refractivity contribution in [1.82, 2.24) is 0 Å². The zero-order chi connectivity index (χ0) is 15.5. The van der Waals surface area contributed by atoms with Gasteiger partial charge in [0.2, 0.25) is 0 Å². The molecular formula is C18H13ClO2S. The highest BCUT2D eigenvalue weighted by molar-refractivity contribution is 7.17. The molecular weight excluding hydrogens is 316 g/mol. The summed E-state index contributed by atoms with van der Waals surface area (Å²) in [6, 6.07) is 14.6. The van der Waals surface area contributed by atoms with Crippen LogP contribution in [-0.4, -0.2) is 11.6 Å². The van der Waals surface area contributed by atoms with E-state index in [1.807, 2.05) is 29.6 Å². The molecule has 0 aliphatic heterocycles. The Morgan fingerprint density at radius 1 is 0.909 bits per heavy atom. The first-order valence-electron chi connectivity index (χ1n) is 6.93. The molecule has 0 atom stereocenters. The van der Waals surface area contributed by atoms with Crippen LogP contribution < -0.4 is 0 Å². The van der Waals surface area contributed by atoms with Gasteiger partial charge in [-0.2, -0.15) is 0 Å². The second kappa shape index (κ2) is 6.42. The van der Waals surface area contributed by atoms with Crippen LogP contribution in [-0.2, 0) is 0 Å². The SMILES string of the molecule is O=C(CCC(=O)c1csc2ccccc12)c1ccc(Cl)cc1. The van der Waals surface area contributed by atoms with E-state index in [4.69, 9.17) is 11.6 Å². The van der Waals surface area contributed by atoms with Crippen molar-refractivity contribution >= 4 is 44.6 Å². The number of rotatable bonds is 5. The minimum Gasteiger partial charge on any atom is -0.294 e. The first-order chi connectivity index (χ1) is 10.6. The van der Waals surface area contributed by atoms with E-state index in [0.29, 0.717) is 16.1 Å². The van der Waals surface area contributed by atoms with Crippen molar-refractivity contribution in [3.8, 4) is 0 Å². The maximum absolute atomic E-state index is 12.3. The summed E-state index contributed by atoms with van der Waals surface area (Å²) in [5.41, 5.74) is 1.30. The smallest absolute Gasteiger partial charge is 0.164 e. The second-order valence-electron chi connectivity index (χ2n) is 5.00. The van der Waals surface area contributed by atoms with Crippen molar-refractivity contribution < 1.29 is 9.59 Å². The van der Waals surface area contributed by atoms with Gasteiger partial charge in [0.05, 0.1) is 0 Å². The lowest BCUT2D eigenvalue weighted by atomic mass is 10.0. The number of carbonyl (C=O) groups is 2. The number of Topliss-reactive ketones (excluding diaryl/α,β-unsaturated/α-hetero) is 2. The van der Waals surface area contributed by atoms with Gasteiger partial charge in [-0.15, -0.1) is 11.3 Å². The fourth-order valence-corrected chi connectivity index (χ4v) is 3.43. The number of ketones is 2. The highest BCUT2D eigenvalue weighted by Crippen LogP contribution is 2.27. The van der Waals surface area contributed by atoms with E-state index < -0.39 is 0 Å². The normalized spacial score (nSPS) is 10.8. The lowest BCUT2D eigenvalue weighted by molar-refractivity contribution is 0.0918. The molecule has 0 saturated carbocycles. The average molecular weight is 329 g/mol. The molecule has 0 amide bonds. The van der Waals surface area contributed by atoms with Gasteiger partial charge >= 0.3 is 0 Å². The molecule has 0 aliphatic carbocycles. The Morgan fingerprint density at radius 3 is 2.36 bits per heavy atom. The summed E-state index contributed by atoms with van der Waals surface area (Å²) >= 11 is 7.36. The van der Waals surface area contributed by atoms with E-state index in [-0.39, 0.29) is 24.4 Å². The third-order valence-electron chi connectivity index (χ3n) is 3.53. The van der Waals surface area contributed by atoms with Crippen molar-refractivity contribution in [2.24, 2.45) is 0 Å². The minimum absolute atomic E-state index is 0.0137. The molecule has 0 spiro atoms. The van der Waals surface area contributed by atoms with Crippen LogP contribution >= 0.6 is 22.9 Å². The first-order valence-corrected chi connectivity index (χ1v) is 8.19. The van der Waals surface area contributed by atoms with Crippen molar-refractivity contribution in [3.63, 3.8) is 0 Å². The van der Waals surface area contributed by atoms with Crippen LogP contribution in [0, 0.1) is 0 Å². The van der Waals surface area contributed by atoms with Crippen molar-refractivity contribution in [3.05, 3.63) is 70.1 Å². The van der Waals surface area contributed by atoms with Crippen LogP contribution in [0.4, 0.5) is 0 Å². The molecule has 4 heteroatoms. The Balaban J connectivity index is 1.70. The van der Waals surface area contributed by atoms with Gasteiger partial charge in [-0.05, 0) is 30.3 Å². The van der Waals surface area contributed by atoms with Gasteiger partial charge in [0.1, 0.15) is 0 Å². The Labute approximate surface area is 137 Å². The summed E-state index contributed by atoms with van der Waals surface area (Å²) in [5, 5.41) is 3.44. The van der Waals surface area contributed by atoms with Crippen molar-refractivity contribution in [2.75, 3.05) is 0 Å². The second-order valence-corrected chi connectivity index (χ2v) is 6.35. The predicted octanol–water partition coefficient (Wildman–Crippen LogP) is 5.40. The quantitative estimate of drug-likeness (QED) is 0.587. The predicted molar refractivity (Wildman–Crippen MR) is 91.2 cm³/mol.